The smallest absolute Gasteiger partial charge is 0.0707 e. The maximum atomic E-state index is 5.98. The van der Waals surface area contributed by atoms with Crippen molar-refractivity contribution in [2.24, 2.45) is 11.1 Å². The van der Waals surface area contributed by atoms with Gasteiger partial charge >= 0.3 is 0 Å². The first-order valence-corrected chi connectivity index (χ1v) is 8.38. The average molecular weight is 266 g/mol. The average Bonchev–Trinajstić information content (AvgIpc) is 2.90. The second kappa shape index (κ2) is 6.11. The fourth-order valence-corrected chi connectivity index (χ4v) is 4.39. The van der Waals surface area contributed by atoms with E-state index >= 15 is 0 Å². The van der Waals surface area contributed by atoms with Gasteiger partial charge in [0.2, 0.25) is 0 Å². The fourth-order valence-electron chi connectivity index (χ4n) is 4.39. The number of nitrogens with zero attached hydrogens (tertiary/aromatic N) is 1. The van der Waals surface area contributed by atoms with Gasteiger partial charge in [-0.05, 0) is 57.0 Å². The molecule has 2 unspecified atom stereocenters. The van der Waals surface area contributed by atoms with Crippen molar-refractivity contribution in [2.45, 2.75) is 70.0 Å². The lowest BCUT2D eigenvalue weighted by Crippen LogP contribution is -2.44. The molecule has 2 aliphatic heterocycles. The molecule has 0 bridgehead atoms. The summed E-state index contributed by atoms with van der Waals surface area (Å²) in [6, 6.07) is 0. The third-order valence-corrected chi connectivity index (χ3v) is 5.75. The lowest BCUT2D eigenvalue weighted by atomic mass is 9.68. The zero-order chi connectivity index (χ0) is 13.1. The Labute approximate surface area is 117 Å². The van der Waals surface area contributed by atoms with E-state index in [1.54, 1.807) is 0 Å². The van der Waals surface area contributed by atoms with Crippen LogP contribution in [0, 0.1) is 5.41 Å². The highest BCUT2D eigenvalue weighted by Crippen LogP contribution is 2.44. The van der Waals surface area contributed by atoms with E-state index < -0.39 is 0 Å². The van der Waals surface area contributed by atoms with Crippen LogP contribution in [0.1, 0.15) is 57.8 Å². The van der Waals surface area contributed by atoms with E-state index in [2.05, 4.69) is 4.90 Å². The van der Waals surface area contributed by atoms with E-state index in [-0.39, 0.29) is 0 Å². The first-order valence-electron chi connectivity index (χ1n) is 8.38. The van der Waals surface area contributed by atoms with Crippen LogP contribution in [0.25, 0.3) is 0 Å². The van der Waals surface area contributed by atoms with Gasteiger partial charge in [0.1, 0.15) is 0 Å². The molecule has 3 fully saturated rings. The van der Waals surface area contributed by atoms with Crippen LogP contribution >= 0.6 is 0 Å². The molecule has 3 heteroatoms. The molecule has 0 amide bonds. The van der Waals surface area contributed by atoms with Crippen molar-refractivity contribution < 1.29 is 4.74 Å². The largest absolute Gasteiger partial charge is 0.372 e. The quantitative estimate of drug-likeness (QED) is 0.853. The van der Waals surface area contributed by atoms with Crippen molar-refractivity contribution in [3.8, 4) is 0 Å². The van der Waals surface area contributed by atoms with E-state index in [1.165, 1.54) is 70.9 Å². The van der Waals surface area contributed by atoms with Crippen LogP contribution in [0.5, 0.6) is 0 Å². The molecule has 0 radical (unpaired) electrons. The molecular formula is C16H30N2O. The van der Waals surface area contributed by atoms with Gasteiger partial charge in [-0.15, -0.1) is 0 Å². The fraction of sp³-hybridized carbons (Fsp3) is 1.00. The molecule has 2 heterocycles. The summed E-state index contributed by atoms with van der Waals surface area (Å²) in [5.74, 6) is 0. The van der Waals surface area contributed by atoms with Crippen molar-refractivity contribution in [2.75, 3.05) is 26.2 Å². The number of hydrogen-bond acceptors (Lipinski definition) is 3. The molecule has 0 aromatic heterocycles. The number of ether oxygens (including phenoxy) is 1. The zero-order valence-electron chi connectivity index (χ0n) is 12.3. The lowest BCUT2D eigenvalue weighted by molar-refractivity contribution is 0.00372. The van der Waals surface area contributed by atoms with Crippen molar-refractivity contribution >= 4 is 0 Å². The van der Waals surface area contributed by atoms with E-state index in [0.717, 1.165) is 12.0 Å². The van der Waals surface area contributed by atoms with Crippen molar-refractivity contribution in [3.63, 3.8) is 0 Å². The zero-order valence-corrected chi connectivity index (χ0v) is 12.3. The SMILES string of the molecule is NCC1CCC(CN2CCC3(CCCCC3)CC2)O1. The number of hydrogen-bond donors (Lipinski definition) is 1. The maximum Gasteiger partial charge on any atom is 0.0707 e. The molecule has 3 aliphatic rings. The molecule has 1 aliphatic carbocycles. The number of nitrogens with two attached hydrogens (primary N) is 1. The molecule has 3 rings (SSSR count). The molecular weight excluding hydrogens is 236 g/mol. The molecule has 1 saturated carbocycles. The first-order chi connectivity index (χ1) is 9.30. The Kier molecular flexibility index (Phi) is 4.45. The van der Waals surface area contributed by atoms with E-state index in [1.807, 2.05) is 0 Å². The Morgan fingerprint density at radius 2 is 1.63 bits per heavy atom. The third kappa shape index (κ3) is 3.32. The van der Waals surface area contributed by atoms with Gasteiger partial charge in [-0.2, -0.15) is 0 Å². The van der Waals surface area contributed by atoms with Crippen LogP contribution in [0.3, 0.4) is 0 Å². The van der Waals surface area contributed by atoms with Crippen LogP contribution in [-0.2, 0) is 4.74 Å². The minimum absolute atomic E-state index is 0.333. The third-order valence-electron chi connectivity index (χ3n) is 5.75. The van der Waals surface area contributed by atoms with Gasteiger partial charge < -0.3 is 15.4 Å². The van der Waals surface area contributed by atoms with Crippen molar-refractivity contribution in [1.82, 2.24) is 4.90 Å². The summed E-state index contributed by atoms with van der Waals surface area (Å²) in [4.78, 5) is 2.64. The second-order valence-corrected chi connectivity index (χ2v) is 7.05. The Balaban J connectivity index is 1.43. The normalized spacial score (nSPS) is 35.8. The Hall–Kier alpha value is -0.120. The molecule has 19 heavy (non-hydrogen) atoms. The van der Waals surface area contributed by atoms with E-state index in [9.17, 15) is 0 Å². The summed E-state index contributed by atoms with van der Waals surface area (Å²) >= 11 is 0. The minimum Gasteiger partial charge on any atom is -0.372 e. The standard InChI is InChI=1S/C16H30N2O/c17-12-14-4-5-15(19-14)13-18-10-8-16(9-11-18)6-2-1-3-7-16/h14-15H,1-13,17H2. The van der Waals surface area contributed by atoms with Crippen LogP contribution in [0.4, 0.5) is 0 Å². The predicted molar refractivity (Wildman–Crippen MR) is 78.1 cm³/mol. The van der Waals surface area contributed by atoms with Crippen LogP contribution in [-0.4, -0.2) is 43.3 Å². The second-order valence-electron chi connectivity index (χ2n) is 7.05. The summed E-state index contributed by atoms with van der Waals surface area (Å²) in [7, 11) is 0. The molecule has 2 N–H and O–H groups in total. The van der Waals surface area contributed by atoms with Gasteiger partial charge in [0.25, 0.3) is 0 Å². The van der Waals surface area contributed by atoms with Gasteiger partial charge in [-0.1, -0.05) is 19.3 Å². The highest BCUT2D eigenvalue weighted by atomic mass is 16.5. The molecule has 3 nitrogen and oxygen atoms in total. The molecule has 110 valence electrons. The maximum absolute atomic E-state index is 5.98. The van der Waals surface area contributed by atoms with Gasteiger partial charge in [0, 0.05) is 13.1 Å². The predicted octanol–water partition coefficient (Wildman–Crippen LogP) is 2.54. The summed E-state index contributed by atoms with van der Waals surface area (Å²) in [6.07, 6.45) is 13.4. The molecule has 2 saturated heterocycles. The van der Waals surface area contributed by atoms with Crippen molar-refractivity contribution in [1.29, 1.82) is 0 Å². The van der Waals surface area contributed by atoms with Crippen LogP contribution < -0.4 is 5.73 Å². The molecule has 2 atom stereocenters. The number of likely N-dealkylation sites (tertiary alicyclic amines) is 1. The highest BCUT2D eigenvalue weighted by molar-refractivity contribution is 4.89. The summed E-state index contributed by atoms with van der Waals surface area (Å²) in [6.45, 7) is 4.44. The molecule has 0 aromatic rings. The topological polar surface area (TPSA) is 38.5 Å². The Bertz CT molecular complexity index is 278. The van der Waals surface area contributed by atoms with Gasteiger partial charge in [0.05, 0.1) is 12.2 Å². The monoisotopic (exact) mass is 266 g/mol. The van der Waals surface area contributed by atoms with E-state index in [4.69, 9.17) is 10.5 Å². The van der Waals surface area contributed by atoms with Gasteiger partial charge in [0.15, 0.2) is 0 Å². The summed E-state index contributed by atoms with van der Waals surface area (Å²) < 4.78 is 5.98. The lowest BCUT2D eigenvalue weighted by Gasteiger charge is -2.44. The van der Waals surface area contributed by atoms with E-state index in [0.29, 0.717) is 18.8 Å². The summed E-state index contributed by atoms with van der Waals surface area (Å²) in [5, 5.41) is 0. The minimum atomic E-state index is 0.333. The first kappa shape index (κ1) is 13.8. The van der Waals surface area contributed by atoms with Crippen molar-refractivity contribution in [3.05, 3.63) is 0 Å². The summed E-state index contributed by atoms with van der Waals surface area (Å²) in [5.41, 5.74) is 6.41. The number of piperidine rings is 1. The molecule has 1 spiro atoms. The van der Waals surface area contributed by atoms with Gasteiger partial charge in [-0.3, -0.25) is 0 Å². The Morgan fingerprint density at radius 1 is 0.947 bits per heavy atom. The highest BCUT2D eigenvalue weighted by Gasteiger charge is 2.36. The van der Waals surface area contributed by atoms with Gasteiger partial charge in [-0.25, -0.2) is 0 Å². The van der Waals surface area contributed by atoms with Crippen LogP contribution in [0.2, 0.25) is 0 Å². The number of rotatable bonds is 3. The molecule has 0 aromatic carbocycles. The van der Waals surface area contributed by atoms with Crippen LogP contribution in [0.15, 0.2) is 0 Å². The Morgan fingerprint density at radius 3 is 2.26 bits per heavy atom.